The van der Waals surface area contributed by atoms with Gasteiger partial charge in [0.25, 0.3) is 5.91 Å². The first-order chi connectivity index (χ1) is 16.3. The van der Waals surface area contributed by atoms with Gasteiger partial charge >= 0.3 is 5.97 Å². The Balaban J connectivity index is 1.69. The highest BCUT2D eigenvalue weighted by molar-refractivity contribution is 7.11. The van der Waals surface area contributed by atoms with Crippen LogP contribution in [-0.4, -0.2) is 32.0 Å². The van der Waals surface area contributed by atoms with Crippen molar-refractivity contribution in [3.63, 3.8) is 0 Å². The quantitative estimate of drug-likeness (QED) is 0.371. The van der Waals surface area contributed by atoms with E-state index < -0.39 is 35.5 Å². The highest BCUT2D eigenvalue weighted by Gasteiger charge is 2.38. The van der Waals surface area contributed by atoms with Gasteiger partial charge in [-0.15, -0.1) is 11.3 Å². The highest BCUT2D eigenvalue weighted by atomic mass is 32.1. The number of esters is 1. The first kappa shape index (κ1) is 23.4. The molecular formula is C24H19F2NO6S. The minimum atomic E-state index is -0.844. The van der Waals surface area contributed by atoms with E-state index in [1.807, 2.05) is 0 Å². The maximum absolute atomic E-state index is 14.8. The molecule has 176 valence electrons. The molecule has 7 nitrogen and oxygen atoms in total. The minimum absolute atomic E-state index is 0.00614. The molecule has 1 unspecified atom stereocenters. The Kier molecular flexibility index (Phi) is 6.34. The van der Waals surface area contributed by atoms with Gasteiger partial charge < -0.3 is 14.2 Å². The number of carbonyl (C=O) groups is 3. The number of nitrogens with zero attached hydrogens (tertiary/aromatic N) is 1. The van der Waals surface area contributed by atoms with Gasteiger partial charge in [-0.3, -0.25) is 9.59 Å². The monoisotopic (exact) mass is 487 g/mol. The molecule has 34 heavy (non-hydrogen) atoms. The Hall–Kier alpha value is -3.79. The summed E-state index contributed by atoms with van der Waals surface area (Å²) < 4.78 is 44.9. The van der Waals surface area contributed by atoms with E-state index in [2.05, 4.69) is 0 Å². The molecule has 3 aromatic rings. The zero-order chi connectivity index (χ0) is 24.6. The van der Waals surface area contributed by atoms with Crippen molar-refractivity contribution in [3.8, 4) is 11.5 Å². The lowest BCUT2D eigenvalue weighted by Crippen LogP contribution is -2.43. The molecule has 0 bridgehead atoms. The molecule has 2 aromatic carbocycles. The number of amides is 2. The molecule has 0 spiro atoms. The van der Waals surface area contributed by atoms with E-state index in [0.717, 1.165) is 17.4 Å². The summed E-state index contributed by atoms with van der Waals surface area (Å²) in [6, 6.07) is 7.87. The van der Waals surface area contributed by atoms with Crippen LogP contribution in [-0.2, 0) is 16.0 Å². The molecule has 2 amide bonds. The third kappa shape index (κ3) is 4.01. The van der Waals surface area contributed by atoms with E-state index in [1.165, 1.54) is 43.9 Å². The van der Waals surface area contributed by atoms with Crippen molar-refractivity contribution < 1.29 is 37.4 Å². The summed E-state index contributed by atoms with van der Waals surface area (Å²) in [5, 5.41) is 1.44. The number of fused-ring (bicyclic) bond motifs is 1. The fraction of sp³-hybridized carbons (Fsp3) is 0.208. The number of carbonyl (C=O) groups excluding carboxylic acids is 3. The van der Waals surface area contributed by atoms with E-state index in [1.54, 1.807) is 13.0 Å². The van der Waals surface area contributed by atoms with Gasteiger partial charge in [-0.1, -0.05) is 6.07 Å². The summed E-state index contributed by atoms with van der Waals surface area (Å²) in [7, 11) is 2.57. The number of hydrogen-bond acceptors (Lipinski definition) is 7. The Labute approximate surface area is 197 Å². The van der Waals surface area contributed by atoms with Crippen molar-refractivity contribution in [2.75, 3.05) is 19.1 Å². The van der Waals surface area contributed by atoms with E-state index in [4.69, 9.17) is 14.2 Å². The number of benzene rings is 2. The van der Waals surface area contributed by atoms with E-state index >= 15 is 0 Å². The predicted octanol–water partition coefficient (Wildman–Crippen LogP) is 4.69. The zero-order valence-corrected chi connectivity index (χ0v) is 19.2. The van der Waals surface area contributed by atoms with Gasteiger partial charge in [0.05, 0.1) is 43.0 Å². The summed E-state index contributed by atoms with van der Waals surface area (Å²) in [5.41, 5.74) is -0.163. The average Bonchev–Trinajstić information content (AvgIpc) is 3.24. The number of anilines is 1. The maximum Gasteiger partial charge on any atom is 0.339 e. The number of methoxy groups -OCH3 is 2. The maximum atomic E-state index is 14.8. The third-order valence-electron chi connectivity index (χ3n) is 5.36. The standard InChI is InChI=1S/C24H19F2NO6S/c1-12(21-16(26)5-4-6-18(21)31-2)33-13-7-8-15(25)17(9-13)27-20(28)10-19-22(23(27)29)14(11-34-19)24(30)32-3/h4-9,11-12H,10H2,1-3H3. The van der Waals surface area contributed by atoms with Crippen LogP contribution in [0.1, 0.15) is 44.2 Å². The average molecular weight is 487 g/mol. The first-order valence-corrected chi connectivity index (χ1v) is 11.0. The van der Waals surface area contributed by atoms with Crippen molar-refractivity contribution in [2.24, 2.45) is 0 Å². The number of hydrogen-bond donors (Lipinski definition) is 0. The number of ether oxygens (including phenoxy) is 3. The van der Waals surface area contributed by atoms with E-state index in [9.17, 15) is 23.2 Å². The minimum Gasteiger partial charge on any atom is -0.496 e. The van der Waals surface area contributed by atoms with E-state index in [0.29, 0.717) is 9.78 Å². The lowest BCUT2D eigenvalue weighted by atomic mass is 10.0. The molecule has 0 N–H and O–H groups in total. The Morgan fingerprint density at radius 1 is 1.12 bits per heavy atom. The van der Waals surface area contributed by atoms with Gasteiger partial charge in [0, 0.05) is 16.3 Å². The SMILES string of the molecule is COC(=O)c1csc2c1C(=O)N(c1cc(OC(C)c3c(F)cccc3OC)ccc1F)C(=O)C2. The molecule has 4 rings (SSSR count). The van der Waals surface area contributed by atoms with Crippen molar-refractivity contribution in [1.82, 2.24) is 0 Å². The smallest absolute Gasteiger partial charge is 0.339 e. The van der Waals surface area contributed by atoms with Crippen molar-refractivity contribution in [2.45, 2.75) is 19.4 Å². The normalized spacial score (nSPS) is 14.0. The van der Waals surface area contributed by atoms with Gasteiger partial charge in [0.15, 0.2) is 0 Å². The summed E-state index contributed by atoms with van der Waals surface area (Å²) in [5.74, 6) is -3.25. The number of thiophene rings is 1. The van der Waals surface area contributed by atoms with Crippen LogP contribution >= 0.6 is 11.3 Å². The fourth-order valence-electron chi connectivity index (χ4n) is 3.80. The molecule has 1 aliphatic heterocycles. The Morgan fingerprint density at radius 3 is 2.59 bits per heavy atom. The van der Waals surface area contributed by atoms with Crippen LogP contribution in [0.2, 0.25) is 0 Å². The molecule has 2 heterocycles. The second-order valence-electron chi connectivity index (χ2n) is 7.38. The first-order valence-electron chi connectivity index (χ1n) is 10.1. The third-order valence-corrected chi connectivity index (χ3v) is 6.35. The zero-order valence-electron chi connectivity index (χ0n) is 18.4. The Bertz CT molecular complexity index is 1300. The van der Waals surface area contributed by atoms with Crippen LogP contribution in [0.15, 0.2) is 41.8 Å². The highest BCUT2D eigenvalue weighted by Crippen LogP contribution is 2.36. The van der Waals surface area contributed by atoms with Crippen LogP contribution in [0.25, 0.3) is 0 Å². The van der Waals surface area contributed by atoms with Gasteiger partial charge in [-0.2, -0.15) is 0 Å². The van der Waals surface area contributed by atoms with Crippen LogP contribution in [0.3, 0.4) is 0 Å². The van der Waals surface area contributed by atoms with Gasteiger partial charge in [0.1, 0.15) is 29.2 Å². The predicted molar refractivity (Wildman–Crippen MR) is 120 cm³/mol. The molecule has 10 heteroatoms. The number of rotatable bonds is 6. The molecule has 1 atom stereocenters. The molecule has 0 aliphatic carbocycles. The van der Waals surface area contributed by atoms with Crippen molar-refractivity contribution >= 4 is 34.8 Å². The number of halogens is 2. The summed E-state index contributed by atoms with van der Waals surface area (Å²) in [4.78, 5) is 39.1. The molecular weight excluding hydrogens is 468 g/mol. The fourth-order valence-corrected chi connectivity index (χ4v) is 4.79. The van der Waals surface area contributed by atoms with Gasteiger partial charge in [0.2, 0.25) is 5.91 Å². The molecule has 1 aromatic heterocycles. The molecule has 0 radical (unpaired) electrons. The largest absolute Gasteiger partial charge is 0.496 e. The molecule has 0 saturated heterocycles. The topological polar surface area (TPSA) is 82.1 Å². The molecule has 0 saturated carbocycles. The summed E-state index contributed by atoms with van der Waals surface area (Å²) in [6.45, 7) is 1.58. The summed E-state index contributed by atoms with van der Waals surface area (Å²) >= 11 is 1.08. The summed E-state index contributed by atoms with van der Waals surface area (Å²) in [6.07, 6.45) is -1.02. The Morgan fingerprint density at radius 2 is 1.88 bits per heavy atom. The van der Waals surface area contributed by atoms with Crippen LogP contribution in [0, 0.1) is 11.6 Å². The second kappa shape index (κ2) is 9.22. The second-order valence-corrected chi connectivity index (χ2v) is 8.34. The van der Waals surface area contributed by atoms with Gasteiger partial charge in [-0.25, -0.2) is 18.5 Å². The van der Waals surface area contributed by atoms with Crippen molar-refractivity contribution in [1.29, 1.82) is 0 Å². The molecule has 1 aliphatic rings. The van der Waals surface area contributed by atoms with Gasteiger partial charge in [-0.05, 0) is 31.2 Å². The van der Waals surface area contributed by atoms with Crippen molar-refractivity contribution in [3.05, 3.63) is 75.0 Å². The number of imide groups is 1. The van der Waals surface area contributed by atoms with E-state index in [-0.39, 0.29) is 40.3 Å². The van der Waals surface area contributed by atoms with Crippen LogP contribution in [0.4, 0.5) is 14.5 Å². The van der Waals surface area contributed by atoms with Crippen LogP contribution in [0.5, 0.6) is 11.5 Å². The molecule has 0 fully saturated rings. The lowest BCUT2D eigenvalue weighted by molar-refractivity contribution is -0.117. The lowest BCUT2D eigenvalue weighted by Gasteiger charge is -2.26. The van der Waals surface area contributed by atoms with Crippen LogP contribution < -0.4 is 14.4 Å².